The number of ether oxygens (including phenoxy) is 1. The van der Waals surface area contributed by atoms with Gasteiger partial charge in [0.2, 0.25) is 0 Å². The van der Waals surface area contributed by atoms with E-state index in [0.717, 1.165) is 31.5 Å². The van der Waals surface area contributed by atoms with Gasteiger partial charge in [-0.2, -0.15) is 0 Å². The van der Waals surface area contributed by atoms with E-state index in [4.69, 9.17) is 4.74 Å². The van der Waals surface area contributed by atoms with Crippen LogP contribution in [0.2, 0.25) is 0 Å². The van der Waals surface area contributed by atoms with Crippen molar-refractivity contribution < 1.29 is 4.74 Å². The third-order valence-electron chi connectivity index (χ3n) is 3.93. The van der Waals surface area contributed by atoms with Crippen molar-refractivity contribution in [3.63, 3.8) is 0 Å². The Balaban J connectivity index is 1.84. The summed E-state index contributed by atoms with van der Waals surface area (Å²) in [6.45, 7) is 4.65. The Bertz CT molecular complexity index is 916. The first-order chi connectivity index (χ1) is 12.5. The van der Waals surface area contributed by atoms with E-state index in [2.05, 4.69) is 87.1 Å². The molecule has 132 valence electrons. The van der Waals surface area contributed by atoms with E-state index in [1.807, 2.05) is 30.5 Å². The van der Waals surface area contributed by atoms with Gasteiger partial charge in [0.25, 0.3) is 0 Å². The molecule has 0 N–H and O–H groups in total. The summed E-state index contributed by atoms with van der Waals surface area (Å²) in [5.41, 5.74) is 5.42. The summed E-state index contributed by atoms with van der Waals surface area (Å²) in [7, 11) is 0. The molecule has 0 aromatic heterocycles. The maximum absolute atomic E-state index is 6.10. The van der Waals surface area contributed by atoms with Crippen LogP contribution in [0.5, 0.6) is 5.75 Å². The monoisotopic (exact) mass is 471 g/mol. The van der Waals surface area contributed by atoms with E-state index < -0.39 is 0 Å². The lowest BCUT2D eigenvalue weighted by atomic mass is 10.1. The first-order valence-corrected chi connectivity index (χ1v) is 9.88. The average molecular weight is 473 g/mol. The Kier molecular flexibility index (Phi) is 6.28. The fourth-order valence-electron chi connectivity index (χ4n) is 2.44. The molecular formula is C22H19Br2NO. The summed E-state index contributed by atoms with van der Waals surface area (Å²) in [6.07, 6.45) is 1.84. The predicted octanol–water partition coefficient (Wildman–Crippen LogP) is 7.16. The van der Waals surface area contributed by atoms with Crippen LogP contribution < -0.4 is 4.74 Å². The lowest BCUT2D eigenvalue weighted by Crippen LogP contribution is -1.99. The molecule has 0 heterocycles. The lowest BCUT2D eigenvalue weighted by molar-refractivity contribution is 0.304. The standard InChI is InChI=1S/C22H19Br2NO/c1-15-3-7-17(8-4-15)14-26-22-18(11-19(23)12-21(22)24)13-25-20-9-5-16(2)6-10-20/h3-13H,14H2,1-2H3. The molecule has 2 nitrogen and oxygen atoms in total. The Morgan fingerprint density at radius 1 is 0.885 bits per heavy atom. The minimum Gasteiger partial charge on any atom is -0.487 e. The van der Waals surface area contributed by atoms with Crippen LogP contribution in [0.4, 0.5) is 5.69 Å². The Hall–Kier alpha value is -1.91. The minimum absolute atomic E-state index is 0.506. The molecule has 0 saturated heterocycles. The number of rotatable bonds is 5. The summed E-state index contributed by atoms with van der Waals surface area (Å²) >= 11 is 7.14. The fraction of sp³-hybridized carbons (Fsp3) is 0.136. The summed E-state index contributed by atoms with van der Waals surface area (Å²) < 4.78 is 7.96. The summed E-state index contributed by atoms with van der Waals surface area (Å²) in [5.74, 6) is 0.782. The second kappa shape index (κ2) is 8.65. The SMILES string of the molecule is Cc1ccc(COc2c(Br)cc(Br)cc2C=Nc2ccc(C)cc2)cc1. The molecule has 26 heavy (non-hydrogen) atoms. The van der Waals surface area contributed by atoms with Crippen molar-refractivity contribution in [1.82, 2.24) is 0 Å². The lowest BCUT2D eigenvalue weighted by Gasteiger charge is -2.12. The molecule has 0 aliphatic heterocycles. The number of benzene rings is 3. The fourth-order valence-corrected chi connectivity index (χ4v) is 3.82. The Morgan fingerprint density at radius 3 is 2.15 bits per heavy atom. The maximum atomic E-state index is 6.10. The summed E-state index contributed by atoms with van der Waals surface area (Å²) in [5, 5.41) is 0. The predicted molar refractivity (Wildman–Crippen MR) is 116 cm³/mol. The van der Waals surface area contributed by atoms with Crippen molar-refractivity contribution in [2.75, 3.05) is 0 Å². The highest BCUT2D eigenvalue weighted by molar-refractivity contribution is 9.11. The van der Waals surface area contributed by atoms with Crippen LogP contribution in [-0.2, 0) is 6.61 Å². The van der Waals surface area contributed by atoms with Crippen LogP contribution in [0.1, 0.15) is 22.3 Å². The molecule has 3 aromatic carbocycles. The van der Waals surface area contributed by atoms with Crippen LogP contribution in [0.25, 0.3) is 0 Å². The van der Waals surface area contributed by atoms with Gasteiger partial charge in [-0.3, -0.25) is 4.99 Å². The highest BCUT2D eigenvalue weighted by atomic mass is 79.9. The number of halogens is 2. The zero-order valence-electron chi connectivity index (χ0n) is 14.7. The highest BCUT2D eigenvalue weighted by Gasteiger charge is 2.09. The molecule has 0 aliphatic carbocycles. The van der Waals surface area contributed by atoms with Crippen LogP contribution in [0, 0.1) is 13.8 Å². The number of hydrogen-bond donors (Lipinski definition) is 0. The van der Waals surface area contributed by atoms with E-state index in [0.29, 0.717) is 6.61 Å². The van der Waals surface area contributed by atoms with Crippen molar-refractivity contribution in [3.05, 3.63) is 91.9 Å². The molecular weight excluding hydrogens is 454 g/mol. The maximum Gasteiger partial charge on any atom is 0.142 e. The van der Waals surface area contributed by atoms with Gasteiger partial charge in [-0.05, 0) is 59.6 Å². The number of nitrogens with zero attached hydrogens (tertiary/aromatic N) is 1. The highest BCUT2D eigenvalue weighted by Crippen LogP contribution is 2.33. The van der Waals surface area contributed by atoms with E-state index in [1.54, 1.807) is 0 Å². The van der Waals surface area contributed by atoms with Gasteiger partial charge < -0.3 is 4.74 Å². The normalized spacial score (nSPS) is 11.1. The van der Waals surface area contributed by atoms with Crippen molar-refractivity contribution in [2.24, 2.45) is 4.99 Å². The number of hydrogen-bond acceptors (Lipinski definition) is 2. The van der Waals surface area contributed by atoms with Gasteiger partial charge in [0, 0.05) is 16.3 Å². The Labute approximate surface area is 171 Å². The van der Waals surface area contributed by atoms with E-state index in [1.165, 1.54) is 11.1 Å². The zero-order chi connectivity index (χ0) is 18.5. The molecule has 0 saturated carbocycles. The first-order valence-electron chi connectivity index (χ1n) is 8.29. The largest absolute Gasteiger partial charge is 0.487 e. The van der Waals surface area contributed by atoms with Crippen molar-refractivity contribution in [2.45, 2.75) is 20.5 Å². The van der Waals surface area contributed by atoms with E-state index in [-0.39, 0.29) is 0 Å². The number of aliphatic imine (C=N–C) groups is 1. The average Bonchev–Trinajstić information content (AvgIpc) is 2.62. The summed E-state index contributed by atoms with van der Waals surface area (Å²) in [6, 6.07) is 20.5. The topological polar surface area (TPSA) is 21.6 Å². The third-order valence-corrected chi connectivity index (χ3v) is 4.97. The zero-order valence-corrected chi connectivity index (χ0v) is 17.8. The van der Waals surface area contributed by atoms with E-state index in [9.17, 15) is 0 Å². The van der Waals surface area contributed by atoms with Crippen LogP contribution >= 0.6 is 31.9 Å². The molecule has 0 amide bonds. The van der Waals surface area contributed by atoms with Crippen LogP contribution in [0.3, 0.4) is 0 Å². The minimum atomic E-state index is 0.506. The second-order valence-corrected chi connectivity index (χ2v) is 7.94. The molecule has 0 atom stereocenters. The van der Waals surface area contributed by atoms with E-state index >= 15 is 0 Å². The van der Waals surface area contributed by atoms with Crippen LogP contribution in [-0.4, -0.2) is 6.21 Å². The van der Waals surface area contributed by atoms with Crippen LogP contribution in [0.15, 0.2) is 74.6 Å². The van der Waals surface area contributed by atoms with Crippen molar-refractivity contribution in [1.29, 1.82) is 0 Å². The quantitative estimate of drug-likeness (QED) is 0.361. The van der Waals surface area contributed by atoms with Gasteiger partial charge >= 0.3 is 0 Å². The first kappa shape index (κ1) is 18.9. The molecule has 0 aliphatic rings. The van der Waals surface area contributed by atoms with Gasteiger partial charge in [0.15, 0.2) is 0 Å². The molecule has 0 fully saturated rings. The molecule has 3 rings (SSSR count). The second-order valence-electron chi connectivity index (χ2n) is 6.17. The smallest absolute Gasteiger partial charge is 0.142 e. The molecule has 0 unspecified atom stereocenters. The van der Waals surface area contributed by atoms with Gasteiger partial charge in [0.05, 0.1) is 10.2 Å². The molecule has 4 heteroatoms. The van der Waals surface area contributed by atoms with Gasteiger partial charge in [0.1, 0.15) is 12.4 Å². The van der Waals surface area contributed by atoms with Gasteiger partial charge in [-0.1, -0.05) is 63.5 Å². The third kappa shape index (κ3) is 5.05. The molecule has 0 spiro atoms. The summed E-state index contributed by atoms with van der Waals surface area (Å²) in [4.78, 5) is 4.58. The molecule has 3 aromatic rings. The number of aryl methyl sites for hydroxylation is 2. The molecule has 0 bridgehead atoms. The van der Waals surface area contributed by atoms with Gasteiger partial charge in [-0.15, -0.1) is 0 Å². The van der Waals surface area contributed by atoms with Crippen molar-refractivity contribution in [3.8, 4) is 5.75 Å². The Morgan fingerprint density at radius 2 is 1.50 bits per heavy atom. The molecule has 0 radical (unpaired) electrons. The van der Waals surface area contributed by atoms with Gasteiger partial charge in [-0.25, -0.2) is 0 Å². The van der Waals surface area contributed by atoms with Crippen molar-refractivity contribution >= 4 is 43.8 Å².